The van der Waals surface area contributed by atoms with Crippen LogP contribution < -0.4 is 5.73 Å². The summed E-state index contributed by atoms with van der Waals surface area (Å²) < 4.78 is 51.4. The molecule has 0 amide bonds. The van der Waals surface area contributed by atoms with Gasteiger partial charge in [-0.1, -0.05) is 25.3 Å². The molecule has 2 atom stereocenters. The van der Waals surface area contributed by atoms with Crippen molar-refractivity contribution in [3.05, 3.63) is 35.1 Å². The number of hydrogen-bond acceptors (Lipinski definition) is 2. The Labute approximate surface area is 133 Å². The monoisotopic (exact) mass is 341 g/mol. The van der Waals surface area contributed by atoms with Crippen LogP contribution in [0, 0.1) is 11.7 Å². The fraction of sp³-hybridized carbons (Fsp3) is 0.600. The first kappa shape index (κ1) is 19.2. The van der Waals surface area contributed by atoms with Crippen LogP contribution in [0.15, 0.2) is 18.2 Å². The molecule has 0 radical (unpaired) electrons. The zero-order valence-electron chi connectivity index (χ0n) is 11.9. The molecule has 22 heavy (non-hydrogen) atoms. The van der Waals surface area contributed by atoms with Crippen LogP contribution in [0.4, 0.5) is 17.6 Å². The Morgan fingerprint density at radius 2 is 1.73 bits per heavy atom. The molecular weight excluding hydrogens is 322 g/mol. The lowest BCUT2D eigenvalue weighted by Gasteiger charge is -2.30. The van der Waals surface area contributed by atoms with Gasteiger partial charge in [-0.25, -0.2) is 4.39 Å². The van der Waals surface area contributed by atoms with Gasteiger partial charge in [0.15, 0.2) is 0 Å². The van der Waals surface area contributed by atoms with E-state index < -0.39 is 29.7 Å². The molecule has 3 N–H and O–H groups in total. The third-order valence-corrected chi connectivity index (χ3v) is 4.19. The molecule has 7 heteroatoms. The van der Waals surface area contributed by atoms with E-state index in [4.69, 9.17) is 5.73 Å². The molecule has 1 aliphatic carbocycles. The summed E-state index contributed by atoms with van der Waals surface area (Å²) in [6.45, 7) is 0. The summed E-state index contributed by atoms with van der Waals surface area (Å²) in [5.74, 6) is -1.04. The van der Waals surface area contributed by atoms with Gasteiger partial charge in [-0.2, -0.15) is 13.2 Å². The lowest BCUT2D eigenvalue weighted by Crippen LogP contribution is -2.34. The zero-order chi connectivity index (χ0) is 15.6. The Morgan fingerprint density at radius 1 is 1.14 bits per heavy atom. The Kier molecular flexibility index (Phi) is 6.65. The highest BCUT2D eigenvalue weighted by atomic mass is 35.5. The smallest absolute Gasteiger partial charge is 0.391 e. The van der Waals surface area contributed by atoms with Crippen molar-refractivity contribution in [1.29, 1.82) is 0 Å². The first-order valence-electron chi connectivity index (χ1n) is 7.11. The third kappa shape index (κ3) is 4.33. The van der Waals surface area contributed by atoms with E-state index in [-0.39, 0.29) is 23.9 Å². The third-order valence-electron chi connectivity index (χ3n) is 4.19. The molecule has 1 aromatic carbocycles. The molecule has 0 aliphatic heterocycles. The van der Waals surface area contributed by atoms with Gasteiger partial charge in [0.1, 0.15) is 5.82 Å². The van der Waals surface area contributed by atoms with E-state index in [1.165, 1.54) is 0 Å². The molecule has 1 aliphatic rings. The predicted molar refractivity (Wildman–Crippen MR) is 78.2 cm³/mol. The van der Waals surface area contributed by atoms with Crippen LogP contribution in [0.25, 0.3) is 0 Å². The summed E-state index contributed by atoms with van der Waals surface area (Å²) >= 11 is 0. The molecule has 1 fully saturated rings. The first-order valence-corrected chi connectivity index (χ1v) is 7.11. The van der Waals surface area contributed by atoms with Crippen molar-refractivity contribution in [2.24, 2.45) is 11.7 Å². The van der Waals surface area contributed by atoms with Gasteiger partial charge < -0.3 is 10.8 Å². The summed E-state index contributed by atoms with van der Waals surface area (Å²) in [6.07, 6.45) is -0.808. The fourth-order valence-corrected chi connectivity index (χ4v) is 2.93. The summed E-state index contributed by atoms with van der Waals surface area (Å²) in [5.41, 5.74) is 4.74. The minimum absolute atomic E-state index is 0. The second kappa shape index (κ2) is 7.62. The molecule has 1 saturated carbocycles. The Balaban J connectivity index is 0.00000242. The maximum absolute atomic E-state index is 13.9. The number of nitrogens with two attached hydrogens (primary N) is 1. The van der Waals surface area contributed by atoms with Crippen LogP contribution in [0.5, 0.6) is 0 Å². The molecule has 0 unspecified atom stereocenters. The summed E-state index contributed by atoms with van der Waals surface area (Å²) in [7, 11) is 0. The van der Waals surface area contributed by atoms with Crippen molar-refractivity contribution >= 4 is 12.4 Å². The average molecular weight is 342 g/mol. The molecular formula is C15H20ClF4NO. The lowest BCUT2D eigenvalue weighted by atomic mass is 9.81. The van der Waals surface area contributed by atoms with E-state index in [1.807, 2.05) is 0 Å². The number of alkyl halides is 3. The zero-order valence-corrected chi connectivity index (χ0v) is 12.8. The lowest BCUT2D eigenvalue weighted by molar-refractivity contribution is -0.137. The molecule has 0 heterocycles. The number of hydrogen-bond donors (Lipinski definition) is 2. The molecule has 126 valence electrons. The van der Waals surface area contributed by atoms with Gasteiger partial charge in [0.05, 0.1) is 17.7 Å². The minimum Gasteiger partial charge on any atom is -0.391 e. The largest absolute Gasteiger partial charge is 0.416 e. The van der Waals surface area contributed by atoms with Crippen molar-refractivity contribution < 1.29 is 22.7 Å². The average Bonchev–Trinajstić information content (AvgIpc) is 2.45. The number of benzene rings is 1. The maximum atomic E-state index is 13.9. The van der Waals surface area contributed by atoms with Gasteiger partial charge in [-0.3, -0.25) is 0 Å². The van der Waals surface area contributed by atoms with E-state index in [1.54, 1.807) is 0 Å². The van der Waals surface area contributed by atoms with Gasteiger partial charge in [0, 0.05) is 5.56 Å². The molecule has 0 aromatic heterocycles. The maximum Gasteiger partial charge on any atom is 0.416 e. The molecule has 0 spiro atoms. The van der Waals surface area contributed by atoms with Crippen LogP contribution in [-0.2, 0) is 6.18 Å². The molecule has 0 bridgehead atoms. The van der Waals surface area contributed by atoms with E-state index >= 15 is 0 Å². The van der Waals surface area contributed by atoms with Crippen LogP contribution in [0.2, 0.25) is 0 Å². The van der Waals surface area contributed by atoms with E-state index in [2.05, 4.69) is 0 Å². The second-order valence-electron chi connectivity index (χ2n) is 5.65. The second-order valence-corrected chi connectivity index (χ2v) is 5.65. The number of halogens is 5. The van der Waals surface area contributed by atoms with Gasteiger partial charge in [-0.05, 0) is 30.9 Å². The molecule has 1 aromatic rings. The number of aliphatic hydroxyl groups is 1. The SMILES string of the molecule is Cl.N[C@@H](c1ccc(C(F)(F)F)cc1F)[C@H](O)C1CCCCC1. The highest BCUT2D eigenvalue weighted by molar-refractivity contribution is 5.85. The highest BCUT2D eigenvalue weighted by Gasteiger charge is 2.33. The van der Waals surface area contributed by atoms with Gasteiger partial charge in [0.25, 0.3) is 0 Å². The summed E-state index contributed by atoms with van der Waals surface area (Å²) in [5, 5.41) is 10.2. The summed E-state index contributed by atoms with van der Waals surface area (Å²) in [4.78, 5) is 0. The minimum atomic E-state index is -4.59. The van der Waals surface area contributed by atoms with Crippen molar-refractivity contribution in [1.82, 2.24) is 0 Å². The van der Waals surface area contributed by atoms with E-state index in [0.717, 1.165) is 44.2 Å². The quantitative estimate of drug-likeness (QED) is 0.809. The van der Waals surface area contributed by atoms with Gasteiger partial charge in [-0.15, -0.1) is 12.4 Å². The predicted octanol–water partition coefficient (Wildman–Crippen LogP) is 4.21. The number of aliphatic hydroxyl groups excluding tert-OH is 1. The molecule has 0 saturated heterocycles. The Bertz CT molecular complexity index is 489. The van der Waals surface area contributed by atoms with Gasteiger partial charge in [0.2, 0.25) is 0 Å². The van der Waals surface area contributed by atoms with Crippen molar-refractivity contribution in [3.63, 3.8) is 0 Å². The van der Waals surface area contributed by atoms with Crippen molar-refractivity contribution in [2.45, 2.75) is 50.4 Å². The Morgan fingerprint density at radius 3 is 2.23 bits per heavy atom. The van der Waals surface area contributed by atoms with Crippen molar-refractivity contribution in [3.8, 4) is 0 Å². The Hall–Kier alpha value is -0.850. The molecule has 2 nitrogen and oxygen atoms in total. The van der Waals surface area contributed by atoms with E-state index in [9.17, 15) is 22.7 Å². The van der Waals surface area contributed by atoms with Crippen LogP contribution >= 0.6 is 12.4 Å². The first-order chi connectivity index (χ1) is 9.80. The number of rotatable bonds is 3. The van der Waals surface area contributed by atoms with E-state index in [0.29, 0.717) is 6.07 Å². The van der Waals surface area contributed by atoms with Crippen molar-refractivity contribution in [2.75, 3.05) is 0 Å². The van der Waals surface area contributed by atoms with Crippen LogP contribution in [0.1, 0.15) is 49.3 Å². The van der Waals surface area contributed by atoms with Crippen LogP contribution in [0.3, 0.4) is 0 Å². The normalized spacial score (nSPS) is 19.4. The standard InChI is InChI=1S/C15H19F4NO.ClH/c16-12-8-10(15(17,18)19)6-7-11(12)13(20)14(21)9-4-2-1-3-5-9;/h6-9,13-14,21H,1-5,20H2;1H/t13-,14+;/m0./s1. The van der Waals surface area contributed by atoms with Gasteiger partial charge >= 0.3 is 6.18 Å². The topological polar surface area (TPSA) is 46.2 Å². The van der Waals surface area contributed by atoms with Crippen LogP contribution in [-0.4, -0.2) is 11.2 Å². The summed E-state index contributed by atoms with van der Waals surface area (Å²) in [6, 6.07) is 1.25. The fourth-order valence-electron chi connectivity index (χ4n) is 2.93. The highest BCUT2D eigenvalue weighted by Crippen LogP contribution is 2.34. The molecule has 2 rings (SSSR count).